The van der Waals surface area contributed by atoms with E-state index in [0.29, 0.717) is 5.02 Å². The Morgan fingerprint density at radius 1 is 1.54 bits per heavy atom. The van der Waals surface area contributed by atoms with Gasteiger partial charge in [-0.2, -0.15) is 0 Å². The summed E-state index contributed by atoms with van der Waals surface area (Å²) in [6, 6.07) is 3.30. The van der Waals surface area contributed by atoms with Crippen molar-refractivity contribution in [3.05, 3.63) is 28.3 Å². The lowest BCUT2D eigenvalue weighted by Crippen LogP contribution is -2.09. The van der Waals surface area contributed by atoms with Gasteiger partial charge in [0.15, 0.2) is 0 Å². The van der Waals surface area contributed by atoms with Gasteiger partial charge in [0.25, 0.3) is 0 Å². The summed E-state index contributed by atoms with van der Waals surface area (Å²) in [4.78, 5) is 0. The fourth-order valence-corrected chi connectivity index (χ4v) is 1.55. The summed E-state index contributed by atoms with van der Waals surface area (Å²) in [5, 5.41) is 10.3. The zero-order chi connectivity index (χ0) is 10.0. The fraction of sp³-hybridized carbons (Fsp3) is 0.400. The Labute approximate surface area is 83.3 Å². The molecule has 3 heteroatoms. The number of phenolic OH excluding ortho intramolecular Hbond substituents is 1. The molecule has 72 valence electrons. The molecule has 3 N–H and O–H groups in total. The Kier molecular flexibility index (Phi) is 3.17. The minimum absolute atomic E-state index is 0.141. The number of benzene rings is 1. The highest BCUT2D eigenvalue weighted by Gasteiger charge is 2.11. The number of phenols is 1. The molecule has 0 amide bonds. The Hall–Kier alpha value is -0.730. The SMILES string of the molecule is CC[C@H](N)c1cc(Cl)cc(C)c1O. The van der Waals surface area contributed by atoms with Crippen molar-refractivity contribution in [2.24, 2.45) is 5.73 Å². The molecule has 0 aliphatic carbocycles. The van der Waals surface area contributed by atoms with Gasteiger partial charge in [-0.15, -0.1) is 0 Å². The van der Waals surface area contributed by atoms with Crippen LogP contribution < -0.4 is 5.73 Å². The first kappa shape index (κ1) is 10.4. The van der Waals surface area contributed by atoms with Crippen LogP contribution in [0.1, 0.15) is 30.5 Å². The van der Waals surface area contributed by atoms with Gasteiger partial charge in [-0.05, 0) is 31.0 Å². The summed E-state index contributed by atoms with van der Waals surface area (Å²) in [5.74, 6) is 0.263. The molecule has 0 heterocycles. The summed E-state index contributed by atoms with van der Waals surface area (Å²) >= 11 is 5.86. The molecule has 0 radical (unpaired) electrons. The average molecular weight is 200 g/mol. The Morgan fingerprint density at radius 2 is 2.15 bits per heavy atom. The molecular formula is C10H14ClNO. The average Bonchev–Trinajstić information content (AvgIpc) is 2.10. The van der Waals surface area contributed by atoms with Gasteiger partial charge in [0, 0.05) is 16.6 Å². The van der Waals surface area contributed by atoms with E-state index in [1.165, 1.54) is 0 Å². The molecule has 0 aliphatic heterocycles. The molecule has 2 nitrogen and oxygen atoms in total. The standard InChI is InChI=1S/C10H14ClNO/c1-3-9(12)8-5-7(11)4-6(2)10(8)13/h4-5,9,13H,3,12H2,1-2H3/t9-/m0/s1. The van der Waals surface area contributed by atoms with E-state index < -0.39 is 0 Å². The van der Waals surface area contributed by atoms with E-state index in [4.69, 9.17) is 17.3 Å². The maximum atomic E-state index is 9.68. The van der Waals surface area contributed by atoms with Crippen LogP contribution in [0, 0.1) is 6.92 Å². The van der Waals surface area contributed by atoms with Crippen molar-refractivity contribution in [1.82, 2.24) is 0 Å². The monoisotopic (exact) mass is 199 g/mol. The second-order valence-electron chi connectivity index (χ2n) is 3.18. The molecule has 0 saturated heterocycles. The number of rotatable bonds is 2. The van der Waals surface area contributed by atoms with Crippen LogP contribution >= 0.6 is 11.6 Å². The third kappa shape index (κ3) is 2.14. The summed E-state index contributed by atoms with van der Waals surface area (Å²) in [6.07, 6.45) is 0.785. The van der Waals surface area contributed by atoms with Crippen LogP contribution in [0.2, 0.25) is 5.02 Å². The summed E-state index contributed by atoms with van der Waals surface area (Å²) in [5.41, 5.74) is 7.31. The topological polar surface area (TPSA) is 46.2 Å². The molecule has 0 aromatic heterocycles. The Balaban J connectivity index is 3.20. The molecule has 0 saturated carbocycles. The predicted octanol–water partition coefficient (Wildman–Crippen LogP) is 2.76. The predicted molar refractivity (Wildman–Crippen MR) is 55.1 cm³/mol. The lowest BCUT2D eigenvalue weighted by molar-refractivity contribution is 0.456. The zero-order valence-electron chi connectivity index (χ0n) is 7.84. The van der Waals surface area contributed by atoms with E-state index in [1.807, 2.05) is 13.8 Å². The van der Waals surface area contributed by atoms with E-state index in [9.17, 15) is 5.11 Å². The van der Waals surface area contributed by atoms with Gasteiger partial charge in [-0.3, -0.25) is 0 Å². The van der Waals surface area contributed by atoms with Gasteiger partial charge in [0.05, 0.1) is 0 Å². The van der Waals surface area contributed by atoms with Gasteiger partial charge in [-0.25, -0.2) is 0 Å². The van der Waals surface area contributed by atoms with E-state index in [-0.39, 0.29) is 11.8 Å². The van der Waals surface area contributed by atoms with Gasteiger partial charge in [-0.1, -0.05) is 18.5 Å². The van der Waals surface area contributed by atoms with Gasteiger partial charge in [0.2, 0.25) is 0 Å². The number of aryl methyl sites for hydroxylation is 1. The second kappa shape index (κ2) is 3.99. The number of nitrogens with two attached hydrogens (primary N) is 1. The third-order valence-electron chi connectivity index (χ3n) is 2.13. The molecule has 1 rings (SSSR count). The first-order valence-corrected chi connectivity index (χ1v) is 4.68. The van der Waals surface area contributed by atoms with Crippen LogP contribution in [0.15, 0.2) is 12.1 Å². The minimum atomic E-state index is -0.141. The third-order valence-corrected chi connectivity index (χ3v) is 2.35. The largest absolute Gasteiger partial charge is 0.507 e. The fourth-order valence-electron chi connectivity index (χ4n) is 1.26. The molecule has 0 unspecified atom stereocenters. The van der Waals surface area contributed by atoms with Crippen LogP contribution in [0.4, 0.5) is 0 Å². The highest BCUT2D eigenvalue weighted by molar-refractivity contribution is 6.30. The Morgan fingerprint density at radius 3 is 2.69 bits per heavy atom. The van der Waals surface area contributed by atoms with Crippen LogP contribution in [0.25, 0.3) is 0 Å². The summed E-state index contributed by atoms with van der Waals surface area (Å²) < 4.78 is 0. The summed E-state index contributed by atoms with van der Waals surface area (Å²) in [7, 11) is 0. The van der Waals surface area contributed by atoms with Crippen molar-refractivity contribution in [3.8, 4) is 5.75 Å². The van der Waals surface area contributed by atoms with E-state index in [0.717, 1.165) is 17.5 Å². The highest BCUT2D eigenvalue weighted by atomic mass is 35.5. The van der Waals surface area contributed by atoms with Crippen LogP contribution in [-0.4, -0.2) is 5.11 Å². The first-order chi connectivity index (χ1) is 6.06. The van der Waals surface area contributed by atoms with E-state index in [2.05, 4.69) is 0 Å². The van der Waals surface area contributed by atoms with Crippen molar-refractivity contribution in [2.45, 2.75) is 26.3 Å². The molecule has 0 fully saturated rings. The highest BCUT2D eigenvalue weighted by Crippen LogP contribution is 2.31. The van der Waals surface area contributed by atoms with E-state index >= 15 is 0 Å². The van der Waals surface area contributed by atoms with Crippen molar-refractivity contribution in [3.63, 3.8) is 0 Å². The lowest BCUT2D eigenvalue weighted by Gasteiger charge is -2.13. The second-order valence-corrected chi connectivity index (χ2v) is 3.61. The van der Waals surface area contributed by atoms with Gasteiger partial charge < -0.3 is 10.8 Å². The minimum Gasteiger partial charge on any atom is -0.507 e. The molecular weight excluding hydrogens is 186 g/mol. The molecule has 13 heavy (non-hydrogen) atoms. The maximum Gasteiger partial charge on any atom is 0.123 e. The molecule has 1 aromatic rings. The smallest absolute Gasteiger partial charge is 0.123 e. The van der Waals surface area contributed by atoms with Gasteiger partial charge in [0.1, 0.15) is 5.75 Å². The van der Waals surface area contributed by atoms with Crippen LogP contribution in [-0.2, 0) is 0 Å². The lowest BCUT2D eigenvalue weighted by atomic mass is 10.0. The van der Waals surface area contributed by atoms with Gasteiger partial charge >= 0.3 is 0 Å². The van der Waals surface area contributed by atoms with Crippen LogP contribution in [0.3, 0.4) is 0 Å². The van der Waals surface area contributed by atoms with Crippen molar-refractivity contribution < 1.29 is 5.11 Å². The molecule has 0 bridgehead atoms. The number of hydrogen-bond donors (Lipinski definition) is 2. The van der Waals surface area contributed by atoms with Crippen molar-refractivity contribution in [2.75, 3.05) is 0 Å². The molecule has 1 atom stereocenters. The number of aromatic hydroxyl groups is 1. The summed E-state index contributed by atoms with van der Waals surface area (Å²) in [6.45, 7) is 3.79. The molecule has 0 spiro atoms. The van der Waals surface area contributed by atoms with E-state index in [1.54, 1.807) is 12.1 Å². The maximum absolute atomic E-state index is 9.68. The van der Waals surface area contributed by atoms with Crippen molar-refractivity contribution >= 4 is 11.6 Å². The van der Waals surface area contributed by atoms with Crippen LogP contribution in [0.5, 0.6) is 5.75 Å². The number of hydrogen-bond acceptors (Lipinski definition) is 2. The quantitative estimate of drug-likeness (QED) is 0.770. The molecule has 0 aliphatic rings. The Bertz CT molecular complexity index is 312. The molecule has 1 aromatic carbocycles. The number of halogens is 1. The first-order valence-electron chi connectivity index (χ1n) is 4.30. The zero-order valence-corrected chi connectivity index (χ0v) is 8.60. The normalized spacial score (nSPS) is 12.9. The van der Waals surface area contributed by atoms with Crippen molar-refractivity contribution in [1.29, 1.82) is 0 Å².